The van der Waals surface area contributed by atoms with Crippen molar-refractivity contribution in [2.45, 2.75) is 32.7 Å². The molecular weight excluding hydrogens is 328 g/mol. The van der Waals surface area contributed by atoms with Crippen molar-refractivity contribution in [1.29, 1.82) is 0 Å². The lowest BCUT2D eigenvalue weighted by Crippen LogP contribution is -2.22. The minimum absolute atomic E-state index is 0.376. The van der Waals surface area contributed by atoms with Gasteiger partial charge in [-0.1, -0.05) is 48.0 Å². The molecule has 21 heavy (non-hydrogen) atoms. The molecular formula is C16H23BrN4. The van der Waals surface area contributed by atoms with Crippen LogP contribution in [-0.2, 0) is 13.0 Å². The first-order chi connectivity index (χ1) is 10.1. The number of halogens is 1. The Hall–Kier alpha value is -1.20. The Balaban J connectivity index is 2.21. The Morgan fingerprint density at radius 1 is 1.29 bits per heavy atom. The predicted octanol–water partition coefficient (Wildman–Crippen LogP) is 3.24. The molecule has 1 unspecified atom stereocenters. The average Bonchev–Trinajstić information content (AvgIpc) is 2.85. The molecule has 0 fully saturated rings. The second-order valence-corrected chi connectivity index (χ2v) is 6.59. The van der Waals surface area contributed by atoms with Crippen molar-refractivity contribution in [2.75, 3.05) is 13.6 Å². The van der Waals surface area contributed by atoms with Gasteiger partial charge in [0.1, 0.15) is 12.2 Å². The third-order valence-corrected chi connectivity index (χ3v) is 4.18. The number of aromatic nitrogens is 3. The van der Waals surface area contributed by atoms with Gasteiger partial charge in [0.25, 0.3) is 0 Å². The molecule has 2 rings (SSSR count). The van der Waals surface area contributed by atoms with Gasteiger partial charge in [0.05, 0.1) is 0 Å². The summed E-state index contributed by atoms with van der Waals surface area (Å²) >= 11 is 3.66. The van der Waals surface area contributed by atoms with Gasteiger partial charge in [0.15, 0.2) is 0 Å². The van der Waals surface area contributed by atoms with Crippen LogP contribution in [0.15, 0.2) is 35.1 Å². The van der Waals surface area contributed by atoms with Crippen LogP contribution in [0.4, 0.5) is 0 Å². The molecule has 0 amide bonds. The van der Waals surface area contributed by atoms with E-state index in [2.05, 4.69) is 63.4 Å². The van der Waals surface area contributed by atoms with Gasteiger partial charge in [-0.05, 0) is 24.6 Å². The second kappa shape index (κ2) is 7.71. The van der Waals surface area contributed by atoms with Crippen LogP contribution >= 0.6 is 15.9 Å². The van der Waals surface area contributed by atoms with E-state index in [0.29, 0.717) is 11.8 Å². The first kappa shape index (κ1) is 16.2. The first-order valence-electron chi connectivity index (χ1n) is 7.37. The maximum absolute atomic E-state index is 4.46. The van der Waals surface area contributed by atoms with Crippen molar-refractivity contribution in [1.82, 2.24) is 20.1 Å². The lowest BCUT2D eigenvalue weighted by molar-refractivity contribution is 0.456. The molecule has 1 aromatic heterocycles. The largest absolute Gasteiger partial charge is 0.319 e. The summed E-state index contributed by atoms with van der Waals surface area (Å²) in [6, 6.07) is 8.40. The number of benzene rings is 1. The van der Waals surface area contributed by atoms with E-state index >= 15 is 0 Å². The van der Waals surface area contributed by atoms with Crippen molar-refractivity contribution >= 4 is 15.9 Å². The highest BCUT2D eigenvalue weighted by Crippen LogP contribution is 2.27. The minimum atomic E-state index is 0.376. The van der Waals surface area contributed by atoms with Crippen molar-refractivity contribution in [3.63, 3.8) is 0 Å². The third-order valence-electron chi connectivity index (χ3n) is 3.46. The summed E-state index contributed by atoms with van der Waals surface area (Å²) in [5.74, 6) is 2.00. The van der Waals surface area contributed by atoms with E-state index in [9.17, 15) is 0 Å². The summed E-state index contributed by atoms with van der Waals surface area (Å²) in [5, 5.41) is 7.65. The van der Waals surface area contributed by atoms with Crippen LogP contribution in [0.25, 0.3) is 0 Å². The number of rotatable bonds is 7. The van der Waals surface area contributed by atoms with Gasteiger partial charge in [-0.25, -0.2) is 9.67 Å². The SMILES string of the molecule is CNCC(Cc1ncnn1CC(C)C)c1ccccc1Br. The topological polar surface area (TPSA) is 42.7 Å². The molecule has 114 valence electrons. The van der Waals surface area contributed by atoms with Crippen LogP contribution < -0.4 is 5.32 Å². The molecule has 5 heteroatoms. The Bertz CT molecular complexity index is 565. The zero-order chi connectivity index (χ0) is 15.2. The first-order valence-corrected chi connectivity index (χ1v) is 8.16. The summed E-state index contributed by atoms with van der Waals surface area (Å²) in [6.45, 7) is 6.23. The van der Waals surface area contributed by atoms with E-state index in [1.807, 2.05) is 17.8 Å². The predicted molar refractivity (Wildman–Crippen MR) is 89.4 cm³/mol. The monoisotopic (exact) mass is 350 g/mol. The summed E-state index contributed by atoms with van der Waals surface area (Å²) in [5.41, 5.74) is 1.31. The molecule has 1 N–H and O–H groups in total. The zero-order valence-corrected chi connectivity index (χ0v) is 14.5. The molecule has 0 spiro atoms. The molecule has 1 heterocycles. The molecule has 1 aromatic carbocycles. The maximum Gasteiger partial charge on any atom is 0.138 e. The summed E-state index contributed by atoms with van der Waals surface area (Å²) in [7, 11) is 1.99. The Morgan fingerprint density at radius 3 is 2.71 bits per heavy atom. The fourth-order valence-electron chi connectivity index (χ4n) is 2.51. The van der Waals surface area contributed by atoms with Crippen LogP contribution in [0.1, 0.15) is 31.2 Å². The van der Waals surface area contributed by atoms with E-state index in [4.69, 9.17) is 0 Å². The number of hydrogen-bond donors (Lipinski definition) is 1. The van der Waals surface area contributed by atoms with Crippen molar-refractivity contribution < 1.29 is 0 Å². The quantitative estimate of drug-likeness (QED) is 0.833. The van der Waals surface area contributed by atoms with Gasteiger partial charge in [-0.2, -0.15) is 5.10 Å². The Morgan fingerprint density at radius 2 is 2.05 bits per heavy atom. The highest BCUT2D eigenvalue weighted by atomic mass is 79.9. The van der Waals surface area contributed by atoms with Crippen LogP contribution in [0, 0.1) is 5.92 Å². The number of hydrogen-bond acceptors (Lipinski definition) is 3. The van der Waals surface area contributed by atoms with Crippen molar-refractivity contribution in [3.8, 4) is 0 Å². The van der Waals surface area contributed by atoms with E-state index in [0.717, 1.165) is 29.8 Å². The fraction of sp³-hybridized carbons (Fsp3) is 0.500. The van der Waals surface area contributed by atoms with E-state index in [1.54, 1.807) is 6.33 Å². The molecule has 0 aliphatic rings. The highest BCUT2D eigenvalue weighted by molar-refractivity contribution is 9.10. The minimum Gasteiger partial charge on any atom is -0.319 e. The smallest absolute Gasteiger partial charge is 0.138 e. The normalized spacial score (nSPS) is 12.8. The van der Waals surface area contributed by atoms with E-state index < -0.39 is 0 Å². The van der Waals surface area contributed by atoms with Gasteiger partial charge in [-0.15, -0.1) is 0 Å². The number of nitrogens with zero attached hydrogens (tertiary/aromatic N) is 3. The summed E-state index contributed by atoms with van der Waals surface area (Å²) in [6.07, 6.45) is 2.55. The van der Waals surface area contributed by atoms with Crippen LogP contribution in [0.2, 0.25) is 0 Å². The number of nitrogens with one attached hydrogen (secondary N) is 1. The van der Waals surface area contributed by atoms with Crippen LogP contribution in [0.5, 0.6) is 0 Å². The molecule has 1 atom stereocenters. The van der Waals surface area contributed by atoms with Crippen molar-refractivity contribution in [3.05, 3.63) is 46.5 Å². The standard InChI is InChI=1S/C16H23BrN4/c1-12(2)10-21-16(19-11-20-21)8-13(9-18-3)14-6-4-5-7-15(14)17/h4-7,11-13,18H,8-10H2,1-3H3. The van der Waals surface area contributed by atoms with Crippen LogP contribution in [-0.4, -0.2) is 28.4 Å². The van der Waals surface area contributed by atoms with Gasteiger partial charge in [0, 0.05) is 29.9 Å². The molecule has 0 aliphatic carbocycles. The molecule has 0 aliphatic heterocycles. The molecule has 4 nitrogen and oxygen atoms in total. The van der Waals surface area contributed by atoms with Gasteiger partial charge in [0.2, 0.25) is 0 Å². The van der Waals surface area contributed by atoms with Gasteiger partial charge < -0.3 is 5.32 Å². The lowest BCUT2D eigenvalue weighted by atomic mass is 9.95. The van der Waals surface area contributed by atoms with E-state index in [-0.39, 0.29) is 0 Å². The van der Waals surface area contributed by atoms with Gasteiger partial charge >= 0.3 is 0 Å². The molecule has 0 radical (unpaired) electrons. The molecule has 0 bridgehead atoms. The highest BCUT2D eigenvalue weighted by Gasteiger charge is 2.17. The summed E-state index contributed by atoms with van der Waals surface area (Å²) < 4.78 is 3.18. The van der Waals surface area contributed by atoms with Crippen LogP contribution in [0.3, 0.4) is 0 Å². The molecule has 0 saturated heterocycles. The summed E-state index contributed by atoms with van der Waals surface area (Å²) in [4.78, 5) is 4.46. The average molecular weight is 351 g/mol. The van der Waals surface area contributed by atoms with Crippen molar-refractivity contribution in [2.24, 2.45) is 5.92 Å². The molecule has 0 saturated carbocycles. The maximum atomic E-state index is 4.46. The second-order valence-electron chi connectivity index (χ2n) is 5.73. The van der Waals surface area contributed by atoms with E-state index in [1.165, 1.54) is 5.56 Å². The Labute approximate surface area is 135 Å². The fourth-order valence-corrected chi connectivity index (χ4v) is 3.12. The Kier molecular flexibility index (Phi) is 5.94. The molecule has 2 aromatic rings. The number of likely N-dealkylation sites (N-methyl/N-ethyl adjacent to an activating group) is 1. The third kappa shape index (κ3) is 4.38. The zero-order valence-electron chi connectivity index (χ0n) is 12.9. The van der Waals surface area contributed by atoms with Gasteiger partial charge in [-0.3, -0.25) is 0 Å². The lowest BCUT2D eigenvalue weighted by Gasteiger charge is -2.19.